The van der Waals surface area contributed by atoms with E-state index in [0.29, 0.717) is 16.3 Å². The number of para-hydroxylation sites is 1. The van der Waals surface area contributed by atoms with Crippen LogP contribution in [0.25, 0.3) is 10.9 Å². The molecule has 6 heteroatoms. The maximum atomic E-state index is 13.2. The third kappa shape index (κ3) is 4.39. The Morgan fingerprint density at radius 1 is 0.968 bits per heavy atom. The lowest BCUT2D eigenvalue weighted by Gasteiger charge is -2.32. The zero-order valence-corrected chi connectivity index (χ0v) is 18.1. The van der Waals surface area contributed by atoms with Gasteiger partial charge in [-0.1, -0.05) is 29.8 Å². The number of halogens is 1. The molecule has 1 aliphatic carbocycles. The molecule has 1 saturated carbocycles. The van der Waals surface area contributed by atoms with Gasteiger partial charge in [0.15, 0.2) is 5.78 Å². The van der Waals surface area contributed by atoms with Crippen LogP contribution in [0.15, 0.2) is 54.6 Å². The van der Waals surface area contributed by atoms with Crippen molar-refractivity contribution in [3.63, 3.8) is 0 Å². The number of rotatable bonds is 6. The summed E-state index contributed by atoms with van der Waals surface area (Å²) in [6.07, 6.45) is 4.59. The second kappa shape index (κ2) is 8.48. The molecule has 160 valence electrons. The monoisotopic (exact) mass is 435 g/mol. The highest BCUT2D eigenvalue weighted by atomic mass is 35.5. The minimum absolute atomic E-state index is 0.0511. The number of carbonyl (C=O) groups is 2. The standard InChI is InChI=1S/C25H26ClN3O2/c26-19-7-5-17(6-8-19)24(30)16-29-22-4-2-1-3-18(22)15-23(29)25(31)27-20-11-13-28(14-12-20)21-9-10-21/h1-8,15,20-21H,9-14,16H2,(H,27,31). The van der Waals surface area contributed by atoms with Gasteiger partial charge in [0.25, 0.3) is 5.91 Å². The number of likely N-dealkylation sites (tertiary alicyclic amines) is 1. The summed E-state index contributed by atoms with van der Waals surface area (Å²) in [5.74, 6) is -0.158. The van der Waals surface area contributed by atoms with Crippen LogP contribution in [0.4, 0.5) is 0 Å². The Hall–Kier alpha value is -2.63. The van der Waals surface area contributed by atoms with Crippen LogP contribution < -0.4 is 5.32 Å². The first-order chi connectivity index (χ1) is 15.1. The Bertz CT molecular complexity index is 1110. The topological polar surface area (TPSA) is 54.3 Å². The molecule has 31 heavy (non-hydrogen) atoms. The van der Waals surface area contributed by atoms with Gasteiger partial charge in [0.2, 0.25) is 0 Å². The van der Waals surface area contributed by atoms with Crippen molar-refractivity contribution < 1.29 is 9.59 Å². The Morgan fingerprint density at radius 2 is 1.68 bits per heavy atom. The van der Waals surface area contributed by atoms with E-state index in [4.69, 9.17) is 11.6 Å². The number of amides is 1. The average Bonchev–Trinajstić information content (AvgIpc) is 3.57. The molecule has 5 rings (SSSR count). The van der Waals surface area contributed by atoms with E-state index in [1.54, 1.807) is 24.3 Å². The summed E-state index contributed by atoms with van der Waals surface area (Å²) in [6, 6.07) is 17.5. The summed E-state index contributed by atoms with van der Waals surface area (Å²) in [5, 5.41) is 4.77. The van der Waals surface area contributed by atoms with Crippen molar-refractivity contribution in [1.82, 2.24) is 14.8 Å². The zero-order chi connectivity index (χ0) is 21.4. The number of benzene rings is 2. The van der Waals surface area contributed by atoms with Crippen LogP contribution in [0, 0.1) is 0 Å². The van der Waals surface area contributed by atoms with E-state index in [-0.39, 0.29) is 24.3 Å². The van der Waals surface area contributed by atoms with E-state index >= 15 is 0 Å². The van der Waals surface area contributed by atoms with Gasteiger partial charge in [0.1, 0.15) is 5.69 Å². The van der Waals surface area contributed by atoms with Crippen molar-refractivity contribution in [2.75, 3.05) is 13.1 Å². The lowest BCUT2D eigenvalue weighted by Crippen LogP contribution is -2.45. The molecule has 1 aliphatic heterocycles. The molecule has 1 amide bonds. The van der Waals surface area contributed by atoms with E-state index < -0.39 is 0 Å². The predicted octanol–water partition coefficient (Wildman–Crippen LogP) is 4.53. The molecule has 2 heterocycles. The molecule has 0 unspecified atom stereocenters. The quantitative estimate of drug-likeness (QED) is 0.578. The van der Waals surface area contributed by atoms with Gasteiger partial charge in [-0.25, -0.2) is 0 Å². The molecular weight excluding hydrogens is 410 g/mol. The third-order valence-electron chi connectivity index (χ3n) is 6.44. The van der Waals surface area contributed by atoms with Crippen LogP contribution in [0.1, 0.15) is 46.5 Å². The van der Waals surface area contributed by atoms with Crippen molar-refractivity contribution >= 4 is 34.2 Å². The molecule has 0 bridgehead atoms. The van der Waals surface area contributed by atoms with E-state index in [9.17, 15) is 9.59 Å². The van der Waals surface area contributed by atoms with Gasteiger partial charge in [0.05, 0.1) is 6.54 Å². The molecule has 2 aliphatic rings. The molecule has 1 aromatic heterocycles. The largest absolute Gasteiger partial charge is 0.348 e. The number of fused-ring (bicyclic) bond motifs is 1. The van der Waals surface area contributed by atoms with E-state index in [1.807, 2.05) is 34.9 Å². The summed E-state index contributed by atoms with van der Waals surface area (Å²) in [7, 11) is 0. The number of hydrogen-bond donors (Lipinski definition) is 1. The minimum atomic E-state index is -0.107. The van der Waals surface area contributed by atoms with Gasteiger partial charge in [-0.3, -0.25) is 9.59 Å². The van der Waals surface area contributed by atoms with Crippen molar-refractivity contribution in [3.05, 3.63) is 70.9 Å². The zero-order valence-electron chi connectivity index (χ0n) is 17.4. The number of hydrogen-bond acceptors (Lipinski definition) is 3. The summed E-state index contributed by atoms with van der Waals surface area (Å²) in [4.78, 5) is 28.7. The van der Waals surface area contributed by atoms with Crippen molar-refractivity contribution in [1.29, 1.82) is 0 Å². The lowest BCUT2D eigenvalue weighted by molar-refractivity contribution is 0.0897. The fourth-order valence-corrected chi connectivity index (χ4v) is 4.67. The fraction of sp³-hybridized carbons (Fsp3) is 0.360. The smallest absolute Gasteiger partial charge is 0.268 e. The van der Waals surface area contributed by atoms with Crippen LogP contribution >= 0.6 is 11.6 Å². The number of ketones is 1. The molecule has 3 aromatic rings. The second-order valence-corrected chi connectivity index (χ2v) is 9.06. The molecule has 0 spiro atoms. The number of carbonyl (C=O) groups excluding carboxylic acids is 2. The highest BCUT2D eigenvalue weighted by Gasteiger charge is 2.32. The number of aromatic nitrogens is 1. The van der Waals surface area contributed by atoms with Crippen LogP contribution in [-0.4, -0.2) is 46.3 Å². The fourth-order valence-electron chi connectivity index (χ4n) is 4.55. The highest BCUT2D eigenvalue weighted by Crippen LogP contribution is 2.29. The molecule has 5 nitrogen and oxygen atoms in total. The van der Waals surface area contributed by atoms with E-state index in [1.165, 1.54) is 12.8 Å². The van der Waals surface area contributed by atoms with Crippen LogP contribution in [-0.2, 0) is 6.54 Å². The first kappa shape index (κ1) is 20.3. The van der Waals surface area contributed by atoms with Gasteiger partial charge in [-0.05, 0) is 62.1 Å². The van der Waals surface area contributed by atoms with Crippen molar-refractivity contribution in [2.24, 2.45) is 0 Å². The summed E-state index contributed by atoms with van der Waals surface area (Å²) in [6.45, 7) is 2.21. The number of nitrogens with zero attached hydrogens (tertiary/aromatic N) is 2. The summed E-state index contributed by atoms with van der Waals surface area (Å²) < 4.78 is 1.83. The Kier molecular flexibility index (Phi) is 5.55. The molecular formula is C25H26ClN3O2. The Morgan fingerprint density at radius 3 is 2.39 bits per heavy atom. The second-order valence-electron chi connectivity index (χ2n) is 8.62. The first-order valence-electron chi connectivity index (χ1n) is 11.0. The van der Waals surface area contributed by atoms with E-state index in [2.05, 4.69) is 10.2 Å². The first-order valence-corrected chi connectivity index (χ1v) is 11.4. The SMILES string of the molecule is O=C(Cn1c(C(=O)NC2CCN(C3CC3)CC2)cc2ccccc21)c1ccc(Cl)cc1. The molecule has 0 atom stereocenters. The summed E-state index contributed by atoms with van der Waals surface area (Å²) in [5.41, 5.74) is 2.01. The number of piperidine rings is 1. The van der Waals surface area contributed by atoms with Crippen LogP contribution in [0.2, 0.25) is 5.02 Å². The van der Waals surface area contributed by atoms with Gasteiger partial charge in [0, 0.05) is 46.7 Å². The van der Waals surface area contributed by atoms with E-state index in [0.717, 1.165) is 42.9 Å². The van der Waals surface area contributed by atoms with Crippen LogP contribution in [0.3, 0.4) is 0 Å². The number of nitrogens with one attached hydrogen (secondary N) is 1. The normalized spacial score (nSPS) is 17.7. The summed E-state index contributed by atoms with van der Waals surface area (Å²) >= 11 is 5.95. The number of Topliss-reactive ketones (excluding diaryl/α,β-unsaturated/α-hetero) is 1. The minimum Gasteiger partial charge on any atom is -0.348 e. The molecule has 1 saturated heterocycles. The van der Waals surface area contributed by atoms with Gasteiger partial charge >= 0.3 is 0 Å². The van der Waals surface area contributed by atoms with Crippen molar-refractivity contribution in [2.45, 2.75) is 44.3 Å². The Balaban J connectivity index is 1.36. The average molecular weight is 436 g/mol. The maximum absolute atomic E-state index is 13.2. The molecule has 0 radical (unpaired) electrons. The predicted molar refractivity (Wildman–Crippen MR) is 123 cm³/mol. The highest BCUT2D eigenvalue weighted by molar-refractivity contribution is 6.30. The third-order valence-corrected chi connectivity index (χ3v) is 6.69. The molecule has 1 N–H and O–H groups in total. The van der Waals surface area contributed by atoms with Gasteiger partial charge < -0.3 is 14.8 Å². The molecule has 2 aromatic carbocycles. The van der Waals surface area contributed by atoms with Crippen LogP contribution in [0.5, 0.6) is 0 Å². The van der Waals surface area contributed by atoms with Gasteiger partial charge in [-0.2, -0.15) is 0 Å². The maximum Gasteiger partial charge on any atom is 0.268 e. The molecule has 2 fully saturated rings. The van der Waals surface area contributed by atoms with Crippen molar-refractivity contribution in [3.8, 4) is 0 Å². The lowest BCUT2D eigenvalue weighted by atomic mass is 10.0. The Labute approximate surface area is 187 Å². The van der Waals surface area contributed by atoms with Gasteiger partial charge in [-0.15, -0.1) is 0 Å².